The van der Waals surface area contributed by atoms with Crippen molar-refractivity contribution in [2.24, 2.45) is 5.73 Å². The van der Waals surface area contributed by atoms with Gasteiger partial charge in [-0.25, -0.2) is 9.97 Å². The number of rotatable bonds is 2. The average Bonchev–Trinajstić information content (AvgIpc) is 3.27. The molecular weight excluding hydrogens is 376 g/mol. The Kier molecular flexibility index (Phi) is 4.34. The molecule has 0 unspecified atom stereocenters. The summed E-state index contributed by atoms with van der Waals surface area (Å²) in [6.45, 7) is 0.469. The molecule has 0 radical (unpaired) electrons. The SMILES string of the molecule is CN1CC[C@@](O)(C#Cc2cccc(-c3nc(C(N)=O)nc4ccsc34)c2)C1=O. The molecule has 8 heteroatoms. The quantitative estimate of drug-likeness (QED) is 0.641. The molecule has 3 aromatic rings. The molecule has 1 aliphatic rings. The molecular formula is C20H16N4O3S. The zero-order valence-electron chi connectivity index (χ0n) is 15.0. The molecule has 0 saturated carbocycles. The Bertz CT molecular complexity index is 1180. The Balaban J connectivity index is 1.76. The number of hydrogen-bond acceptors (Lipinski definition) is 6. The van der Waals surface area contributed by atoms with Crippen LogP contribution < -0.4 is 5.73 Å². The number of carbonyl (C=O) groups excluding carboxylic acids is 2. The van der Waals surface area contributed by atoms with Crippen molar-refractivity contribution in [2.75, 3.05) is 13.6 Å². The van der Waals surface area contributed by atoms with Gasteiger partial charge in [0, 0.05) is 31.1 Å². The Labute approximate surface area is 164 Å². The average molecular weight is 392 g/mol. The van der Waals surface area contributed by atoms with Gasteiger partial charge in [0.15, 0.2) is 0 Å². The Hall–Kier alpha value is -3.28. The van der Waals surface area contributed by atoms with E-state index in [0.29, 0.717) is 23.3 Å². The maximum atomic E-state index is 12.1. The van der Waals surface area contributed by atoms with Gasteiger partial charge >= 0.3 is 0 Å². The van der Waals surface area contributed by atoms with E-state index < -0.39 is 17.4 Å². The van der Waals surface area contributed by atoms with Crippen molar-refractivity contribution >= 4 is 33.4 Å². The molecule has 1 aromatic carbocycles. The van der Waals surface area contributed by atoms with Crippen molar-refractivity contribution in [1.82, 2.24) is 14.9 Å². The van der Waals surface area contributed by atoms with E-state index in [1.807, 2.05) is 11.4 Å². The van der Waals surface area contributed by atoms with Gasteiger partial charge in [-0.05, 0) is 23.6 Å². The van der Waals surface area contributed by atoms with Gasteiger partial charge in [0.2, 0.25) is 11.4 Å². The standard InChI is InChI=1S/C20H16N4O3S/c1-24-9-8-20(27,19(24)26)7-5-12-3-2-4-13(11-12)15-16-14(6-10-28-16)22-18(23-15)17(21)25/h2-4,6,10-11,27H,8-9H2,1H3,(H2,21,25)/t20-/m0/s1. The number of nitrogens with zero attached hydrogens (tertiary/aromatic N) is 3. The molecule has 1 atom stereocenters. The van der Waals surface area contributed by atoms with E-state index in [4.69, 9.17) is 5.73 Å². The highest BCUT2D eigenvalue weighted by Gasteiger charge is 2.42. The van der Waals surface area contributed by atoms with Crippen LogP contribution in [0.2, 0.25) is 0 Å². The lowest BCUT2D eigenvalue weighted by molar-refractivity contribution is -0.137. The summed E-state index contributed by atoms with van der Waals surface area (Å²) in [5, 5.41) is 12.3. The molecule has 4 rings (SSSR count). The highest BCUT2D eigenvalue weighted by Crippen LogP contribution is 2.30. The number of aliphatic hydroxyl groups is 1. The van der Waals surface area contributed by atoms with E-state index in [1.54, 1.807) is 31.3 Å². The van der Waals surface area contributed by atoms with Crippen LogP contribution in [0.3, 0.4) is 0 Å². The normalized spacial score (nSPS) is 18.9. The number of likely N-dealkylation sites (N-methyl/N-ethyl adjacent to an activating group) is 1. The first-order chi connectivity index (χ1) is 13.4. The lowest BCUT2D eigenvalue weighted by Crippen LogP contribution is -2.37. The fourth-order valence-corrected chi connectivity index (χ4v) is 3.90. The van der Waals surface area contributed by atoms with Gasteiger partial charge in [-0.3, -0.25) is 9.59 Å². The van der Waals surface area contributed by atoms with Crippen LogP contribution in [0.25, 0.3) is 21.5 Å². The maximum absolute atomic E-state index is 12.1. The predicted octanol–water partition coefficient (Wildman–Crippen LogP) is 1.40. The summed E-state index contributed by atoms with van der Waals surface area (Å²) in [4.78, 5) is 33.6. The second-order valence-corrected chi connectivity index (χ2v) is 7.48. The molecule has 0 spiro atoms. The molecule has 0 aliphatic carbocycles. The molecule has 2 amide bonds. The molecule has 3 heterocycles. The number of benzene rings is 1. The van der Waals surface area contributed by atoms with E-state index >= 15 is 0 Å². The van der Waals surface area contributed by atoms with Crippen LogP contribution in [0.1, 0.15) is 22.6 Å². The van der Waals surface area contributed by atoms with E-state index in [2.05, 4.69) is 21.8 Å². The molecule has 3 N–H and O–H groups in total. The monoisotopic (exact) mass is 392 g/mol. The van der Waals surface area contributed by atoms with Crippen LogP contribution in [0.4, 0.5) is 0 Å². The van der Waals surface area contributed by atoms with E-state index in [0.717, 1.165) is 10.3 Å². The third kappa shape index (κ3) is 3.11. The Morgan fingerprint density at radius 2 is 2.18 bits per heavy atom. The van der Waals surface area contributed by atoms with E-state index in [-0.39, 0.29) is 12.2 Å². The first-order valence-electron chi connectivity index (χ1n) is 8.54. The topological polar surface area (TPSA) is 109 Å². The minimum atomic E-state index is -1.65. The molecule has 0 bridgehead atoms. The number of primary amides is 1. The first-order valence-corrected chi connectivity index (χ1v) is 9.42. The van der Waals surface area contributed by atoms with Crippen LogP contribution in [-0.4, -0.2) is 51.0 Å². The molecule has 2 aromatic heterocycles. The van der Waals surface area contributed by atoms with E-state index in [9.17, 15) is 14.7 Å². The molecule has 28 heavy (non-hydrogen) atoms. The van der Waals surface area contributed by atoms with Gasteiger partial charge in [0.25, 0.3) is 11.8 Å². The maximum Gasteiger partial charge on any atom is 0.286 e. The second kappa shape index (κ2) is 6.71. The fraction of sp³-hybridized carbons (Fsp3) is 0.200. The van der Waals surface area contributed by atoms with Crippen molar-refractivity contribution < 1.29 is 14.7 Å². The van der Waals surface area contributed by atoms with Crippen LogP contribution >= 0.6 is 11.3 Å². The summed E-state index contributed by atoms with van der Waals surface area (Å²) in [6.07, 6.45) is 0.277. The Morgan fingerprint density at radius 1 is 1.36 bits per heavy atom. The third-order valence-electron chi connectivity index (χ3n) is 4.58. The number of likely N-dealkylation sites (tertiary alicyclic amines) is 1. The van der Waals surface area contributed by atoms with Crippen LogP contribution in [0.5, 0.6) is 0 Å². The number of nitrogens with two attached hydrogens (primary N) is 1. The molecule has 1 aliphatic heterocycles. The predicted molar refractivity (Wildman–Crippen MR) is 105 cm³/mol. The van der Waals surface area contributed by atoms with E-state index in [1.165, 1.54) is 16.2 Å². The van der Waals surface area contributed by atoms with Crippen LogP contribution in [0.15, 0.2) is 35.7 Å². The van der Waals surface area contributed by atoms with Crippen molar-refractivity contribution in [3.05, 3.63) is 47.1 Å². The largest absolute Gasteiger partial charge is 0.369 e. The third-order valence-corrected chi connectivity index (χ3v) is 5.49. The summed E-state index contributed by atoms with van der Waals surface area (Å²) < 4.78 is 0.835. The summed E-state index contributed by atoms with van der Waals surface area (Å²) in [5.74, 6) is 4.46. The molecule has 1 saturated heterocycles. The highest BCUT2D eigenvalue weighted by atomic mass is 32.1. The minimum Gasteiger partial charge on any atom is -0.369 e. The number of hydrogen-bond donors (Lipinski definition) is 2. The summed E-state index contributed by atoms with van der Waals surface area (Å²) in [6, 6.07) is 9.04. The van der Waals surface area contributed by atoms with Crippen molar-refractivity contribution in [2.45, 2.75) is 12.0 Å². The van der Waals surface area contributed by atoms with Crippen LogP contribution in [-0.2, 0) is 4.79 Å². The first kappa shape index (κ1) is 18.1. The second-order valence-electron chi connectivity index (χ2n) is 6.56. The zero-order chi connectivity index (χ0) is 19.9. The van der Waals surface area contributed by atoms with Crippen molar-refractivity contribution in [1.29, 1.82) is 0 Å². The summed E-state index contributed by atoms with van der Waals surface area (Å²) in [7, 11) is 1.64. The Morgan fingerprint density at radius 3 is 2.89 bits per heavy atom. The summed E-state index contributed by atoms with van der Waals surface area (Å²) in [5.41, 5.74) is 6.31. The number of carbonyl (C=O) groups is 2. The van der Waals surface area contributed by atoms with Gasteiger partial charge in [-0.15, -0.1) is 11.3 Å². The van der Waals surface area contributed by atoms with Crippen molar-refractivity contribution in [3.8, 4) is 23.1 Å². The number of fused-ring (bicyclic) bond motifs is 1. The van der Waals surface area contributed by atoms with Gasteiger partial charge in [0.1, 0.15) is 0 Å². The fourth-order valence-electron chi connectivity index (χ4n) is 3.06. The highest BCUT2D eigenvalue weighted by molar-refractivity contribution is 7.17. The lowest BCUT2D eigenvalue weighted by Gasteiger charge is -2.13. The molecule has 140 valence electrons. The summed E-state index contributed by atoms with van der Waals surface area (Å²) >= 11 is 1.47. The van der Waals surface area contributed by atoms with Crippen LogP contribution in [0, 0.1) is 11.8 Å². The minimum absolute atomic E-state index is 0.0497. The zero-order valence-corrected chi connectivity index (χ0v) is 15.8. The van der Waals surface area contributed by atoms with Gasteiger partial charge < -0.3 is 15.7 Å². The molecule has 1 fully saturated rings. The molecule has 7 nitrogen and oxygen atoms in total. The smallest absolute Gasteiger partial charge is 0.286 e. The lowest BCUT2D eigenvalue weighted by atomic mass is 10.0. The number of amides is 2. The number of aromatic nitrogens is 2. The van der Waals surface area contributed by atoms with Crippen molar-refractivity contribution in [3.63, 3.8) is 0 Å². The van der Waals surface area contributed by atoms with Gasteiger partial charge in [-0.1, -0.05) is 24.0 Å². The number of thiophene rings is 1. The van der Waals surface area contributed by atoms with Gasteiger partial charge in [-0.2, -0.15) is 0 Å². The van der Waals surface area contributed by atoms with Gasteiger partial charge in [0.05, 0.1) is 15.9 Å².